The lowest BCUT2D eigenvalue weighted by Gasteiger charge is -2.34. The number of piperazine rings is 1. The maximum Gasteiger partial charge on any atom is 0.246 e. The molecule has 2 amide bonds. The molecule has 2 aliphatic rings. The number of thioether (sulfide) groups is 1. The van der Waals surface area contributed by atoms with Gasteiger partial charge in [0.1, 0.15) is 12.1 Å². The first-order chi connectivity index (χ1) is 6.74. The molecule has 2 heterocycles. The third-order valence-corrected chi connectivity index (χ3v) is 3.45. The van der Waals surface area contributed by atoms with Gasteiger partial charge in [0.25, 0.3) is 0 Å². The molecule has 1 N–H and O–H groups in total. The minimum absolute atomic E-state index is 0.0288. The summed E-state index contributed by atoms with van der Waals surface area (Å²) in [5.41, 5.74) is 0. The van der Waals surface area contributed by atoms with Gasteiger partial charge in [0.05, 0.1) is 0 Å². The number of nitrogens with one attached hydrogen (secondary N) is 1. The number of rotatable bonds is 2. The van der Waals surface area contributed by atoms with Gasteiger partial charge in [0, 0.05) is 12.3 Å². The maximum atomic E-state index is 11.8. The number of nitrogens with zero attached hydrogens (tertiary/aromatic N) is 1. The van der Waals surface area contributed by atoms with Crippen LogP contribution in [0.15, 0.2) is 0 Å². The van der Waals surface area contributed by atoms with Crippen molar-refractivity contribution in [1.29, 1.82) is 0 Å². The second-order valence-corrected chi connectivity index (χ2v) is 4.62. The van der Waals surface area contributed by atoms with Crippen LogP contribution >= 0.6 is 11.8 Å². The minimum atomic E-state index is -0.299. The van der Waals surface area contributed by atoms with Crippen molar-refractivity contribution in [1.82, 2.24) is 10.2 Å². The molecule has 0 aromatic rings. The summed E-state index contributed by atoms with van der Waals surface area (Å²) >= 11 is 1.59. The summed E-state index contributed by atoms with van der Waals surface area (Å²) in [5, 5.41) is 2.79. The Labute approximate surface area is 87.4 Å². The molecule has 2 rings (SSSR count). The predicted octanol–water partition coefficient (Wildman–Crippen LogP) is -0.161. The van der Waals surface area contributed by atoms with Crippen molar-refractivity contribution >= 4 is 23.6 Å². The SMILES string of the molecule is CSCC1NC(=O)C2CCCN2C1=O. The molecule has 4 nitrogen and oxygen atoms in total. The maximum absolute atomic E-state index is 11.8. The Kier molecular flexibility index (Phi) is 2.67. The van der Waals surface area contributed by atoms with Gasteiger partial charge in [-0.2, -0.15) is 11.8 Å². The van der Waals surface area contributed by atoms with Crippen LogP contribution in [0.2, 0.25) is 0 Å². The Morgan fingerprint density at radius 2 is 2.36 bits per heavy atom. The van der Waals surface area contributed by atoms with Gasteiger partial charge in [-0.25, -0.2) is 0 Å². The highest BCUT2D eigenvalue weighted by atomic mass is 32.2. The number of hydrogen-bond acceptors (Lipinski definition) is 3. The Balaban J connectivity index is 2.12. The number of fused-ring (bicyclic) bond motifs is 1. The summed E-state index contributed by atoms with van der Waals surface area (Å²) in [6, 6.07) is -0.479. The molecule has 0 aromatic carbocycles. The lowest BCUT2D eigenvalue weighted by Crippen LogP contribution is -2.61. The lowest BCUT2D eigenvalue weighted by molar-refractivity contribution is -0.146. The Morgan fingerprint density at radius 3 is 3.07 bits per heavy atom. The quantitative estimate of drug-likeness (QED) is 0.695. The molecule has 78 valence electrons. The molecule has 0 radical (unpaired) electrons. The van der Waals surface area contributed by atoms with Crippen LogP contribution in [-0.4, -0.2) is 47.4 Å². The van der Waals surface area contributed by atoms with Crippen molar-refractivity contribution in [2.75, 3.05) is 18.6 Å². The number of hydrogen-bond donors (Lipinski definition) is 1. The average molecular weight is 214 g/mol. The van der Waals surface area contributed by atoms with Crippen molar-refractivity contribution in [3.63, 3.8) is 0 Å². The molecule has 2 unspecified atom stereocenters. The third-order valence-electron chi connectivity index (χ3n) is 2.79. The molecule has 14 heavy (non-hydrogen) atoms. The topological polar surface area (TPSA) is 49.4 Å². The zero-order chi connectivity index (χ0) is 10.1. The standard InChI is InChI=1S/C9H14N2O2S/c1-14-5-6-9(13)11-4-2-3-7(11)8(12)10-6/h6-7H,2-5H2,1H3,(H,10,12). The van der Waals surface area contributed by atoms with Crippen LogP contribution in [0.4, 0.5) is 0 Å². The molecule has 2 atom stereocenters. The van der Waals surface area contributed by atoms with Crippen LogP contribution < -0.4 is 5.32 Å². The van der Waals surface area contributed by atoms with Gasteiger partial charge in [0.2, 0.25) is 11.8 Å². The van der Waals surface area contributed by atoms with E-state index in [1.165, 1.54) is 0 Å². The molecule has 0 aromatic heterocycles. The molecule has 2 saturated heterocycles. The van der Waals surface area contributed by atoms with Gasteiger partial charge in [-0.05, 0) is 19.1 Å². The lowest BCUT2D eigenvalue weighted by atomic mass is 10.1. The normalized spacial score (nSPS) is 31.6. The smallest absolute Gasteiger partial charge is 0.246 e. The van der Waals surface area contributed by atoms with E-state index in [4.69, 9.17) is 0 Å². The first kappa shape index (κ1) is 9.83. The van der Waals surface area contributed by atoms with Crippen molar-refractivity contribution in [3.05, 3.63) is 0 Å². The fourth-order valence-electron chi connectivity index (χ4n) is 2.11. The van der Waals surface area contributed by atoms with Crippen LogP contribution in [-0.2, 0) is 9.59 Å². The van der Waals surface area contributed by atoms with Crippen molar-refractivity contribution in [2.24, 2.45) is 0 Å². The fraction of sp³-hybridized carbons (Fsp3) is 0.778. The highest BCUT2D eigenvalue weighted by Gasteiger charge is 2.42. The van der Waals surface area contributed by atoms with Crippen LogP contribution in [0.3, 0.4) is 0 Å². The first-order valence-corrected chi connectivity index (χ1v) is 6.23. The van der Waals surface area contributed by atoms with E-state index in [9.17, 15) is 9.59 Å². The monoisotopic (exact) mass is 214 g/mol. The predicted molar refractivity (Wildman–Crippen MR) is 55.0 cm³/mol. The van der Waals surface area contributed by atoms with E-state index in [-0.39, 0.29) is 23.9 Å². The zero-order valence-electron chi connectivity index (χ0n) is 8.16. The molecule has 5 heteroatoms. The van der Waals surface area contributed by atoms with Crippen molar-refractivity contribution in [2.45, 2.75) is 24.9 Å². The van der Waals surface area contributed by atoms with E-state index in [2.05, 4.69) is 5.32 Å². The van der Waals surface area contributed by atoms with Gasteiger partial charge < -0.3 is 10.2 Å². The first-order valence-electron chi connectivity index (χ1n) is 4.84. The summed E-state index contributed by atoms with van der Waals surface area (Å²) in [5.74, 6) is 0.802. The highest BCUT2D eigenvalue weighted by molar-refractivity contribution is 7.98. The number of amides is 2. The minimum Gasteiger partial charge on any atom is -0.342 e. The Morgan fingerprint density at radius 1 is 1.57 bits per heavy atom. The van der Waals surface area contributed by atoms with Gasteiger partial charge in [-0.1, -0.05) is 0 Å². The molecule has 0 bridgehead atoms. The van der Waals surface area contributed by atoms with E-state index in [0.29, 0.717) is 5.75 Å². The number of carbonyl (C=O) groups is 2. The van der Waals surface area contributed by atoms with E-state index in [1.54, 1.807) is 16.7 Å². The average Bonchev–Trinajstić information content (AvgIpc) is 2.63. The van der Waals surface area contributed by atoms with Crippen molar-refractivity contribution < 1.29 is 9.59 Å². The zero-order valence-corrected chi connectivity index (χ0v) is 8.97. The molecule has 0 aliphatic carbocycles. The van der Waals surface area contributed by atoms with E-state index >= 15 is 0 Å². The molecule has 0 spiro atoms. The van der Waals surface area contributed by atoms with E-state index in [0.717, 1.165) is 19.4 Å². The molecule has 2 aliphatic heterocycles. The molecular weight excluding hydrogens is 200 g/mol. The van der Waals surface area contributed by atoms with Gasteiger partial charge >= 0.3 is 0 Å². The molecular formula is C9H14N2O2S. The van der Waals surface area contributed by atoms with Crippen LogP contribution in [0.25, 0.3) is 0 Å². The second-order valence-electron chi connectivity index (χ2n) is 3.71. The summed E-state index contributed by atoms with van der Waals surface area (Å²) in [6.45, 7) is 0.752. The summed E-state index contributed by atoms with van der Waals surface area (Å²) in [4.78, 5) is 25.2. The van der Waals surface area contributed by atoms with E-state index < -0.39 is 0 Å². The van der Waals surface area contributed by atoms with Crippen LogP contribution in [0.1, 0.15) is 12.8 Å². The van der Waals surface area contributed by atoms with Crippen LogP contribution in [0, 0.1) is 0 Å². The molecule has 0 saturated carbocycles. The van der Waals surface area contributed by atoms with Crippen molar-refractivity contribution in [3.8, 4) is 0 Å². The van der Waals surface area contributed by atoms with E-state index in [1.807, 2.05) is 6.26 Å². The van der Waals surface area contributed by atoms with Crippen LogP contribution in [0.5, 0.6) is 0 Å². The van der Waals surface area contributed by atoms with Gasteiger partial charge in [-0.15, -0.1) is 0 Å². The Hall–Kier alpha value is -0.710. The summed E-state index contributed by atoms with van der Waals surface area (Å²) in [7, 11) is 0. The summed E-state index contributed by atoms with van der Waals surface area (Å²) in [6.07, 6.45) is 3.72. The summed E-state index contributed by atoms with van der Waals surface area (Å²) < 4.78 is 0. The van der Waals surface area contributed by atoms with Gasteiger partial charge in [-0.3, -0.25) is 9.59 Å². The highest BCUT2D eigenvalue weighted by Crippen LogP contribution is 2.22. The largest absolute Gasteiger partial charge is 0.342 e. The Bertz CT molecular complexity index is 270. The third kappa shape index (κ3) is 1.49. The molecule has 2 fully saturated rings. The second kappa shape index (κ2) is 3.81. The fourth-order valence-corrected chi connectivity index (χ4v) is 2.67. The van der Waals surface area contributed by atoms with Gasteiger partial charge in [0.15, 0.2) is 0 Å². The number of carbonyl (C=O) groups excluding carboxylic acids is 2.